The smallest absolute Gasteiger partial charge is 0.0265 e. The van der Waals surface area contributed by atoms with Crippen molar-refractivity contribution in [1.82, 2.24) is 9.47 Å². The molecular formula is C12H20N2. The molecule has 1 aliphatic heterocycles. The molecule has 2 nitrogen and oxygen atoms in total. The standard InChI is InChI=1S/C12H20N2/c1-10-4-5-11(2)14(10)9-12-6-7-13(3)8-12/h4-5,12H,6-9H2,1-3H3. The van der Waals surface area contributed by atoms with Gasteiger partial charge in [-0.2, -0.15) is 0 Å². The van der Waals surface area contributed by atoms with Crippen LogP contribution < -0.4 is 0 Å². The Morgan fingerprint density at radius 3 is 2.43 bits per heavy atom. The Labute approximate surface area is 86.5 Å². The van der Waals surface area contributed by atoms with Gasteiger partial charge in [0.25, 0.3) is 0 Å². The van der Waals surface area contributed by atoms with Crippen LogP contribution >= 0.6 is 0 Å². The maximum Gasteiger partial charge on any atom is 0.0265 e. The summed E-state index contributed by atoms with van der Waals surface area (Å²) in [6.45, 7) is 8.13. The van der Waals surface area contributed by atoms with E-state index < -0.39 is 0 Å². The van der Waals surface area contributed by atoms with Crippen LogP contribution in [0.4, 0.5) is 0 Å². The first-order valence-electron chi connectivity index (χ1n) is 5.48. The Kier molecular flexibility index (Phi) is 2.64. The van der Waals surface area contributed by atoms with Gasteiger partial charge in [0.05, 0.1) is 0 Å². The fraction of sp³-hybridized carbons (Fsp3) is 0.667. The normalized spacial score (nSPS) is 23.2. The van der Waals surface area contributed by atoms with E-state index in [1.807, 2.05) is 0 Å². The largest absolute Gasteiger partial charge is 0.349 e. The molecule has 1 atom stereocenters. The molecule has 2 heterocycles. The summed E-state index contributed by atoms with van der Waals surface area (Å²) in [7, 11) is 2.22. The maximum absolute atomic E-state index is 2.45. The monoisotopic (exact) mass is 192 g/mol. The van der Waals surface area contributed by atoms with E-state index in [1.165, 1.54) is 37.4 Å². The van der Waals surface area contributed by atoms with Gasteiger partial charge in [-0.05, 0) is 51.9 Å². The summed E-state index contributed by atoms with van der Waals surface area (Å²) < 4.78 is 2.45. The van der Waals surface area contributed by atoms with Crippen LogP contribution in [-0.4, -0.2) is 29.6 Å². The molecule has 0 N–H and O–H groups in total. The first kappa shape index (κ1) is 9.78. The predicted molar refractivity (Wildman–Crippen MR) is 59.5 cm³/mol. The summed E-state index contributed by atoms with van der Waals surface area (Å²) in [5, 5.41) is 0. The number of aromatic nitrogens is 1. The van der Waals surface area contributed by atoms with E-state index in [9.17, 15) is 0 Å². The summed E-state index contributed by atoms with van der Waals surface area (Å²) in [6, 6.07) is 4.43. The molecule has 1 aliphatic rings. The minimum Gasteiger partial charge on any atom is -0.349 e. The molecule has 0 aromatic carbocycles. The van der Waals surface area contributed by atoms with E-state index in [2.05, 4.69) is 42.5 Å². The van der Waals surface area contributed by atoms with Crippen LogP contribution in [-0.2, 0) is 6.54 Å². The molecule has 14 heavy (non-hydrogen) atoms. The highest BCUT2D eigenvalue weighted by Crippen LogP contribution is 2.19. The van der Waals surface area contributed by atoms with Gasteiger partial charge < -0.3 is 9.47 Å². The minimum absolute atomic E-state index is 0.852. The van der Waals surface area contributed by atoms with Crippen LogP contribution in [0.2, 0.25) is 0 Å². The number of aryl methyl sites for hydroxylation is 2. The van der Waals surface area contributed by atoms with Gasteiger partial charge >= 0.3 is 0 Å². The van der Waals surface area contributed by atoms with Crippen LogP contribution in [0, 0.1) is 19.8 Å². The average Bonchev–Trinajstić information content (AvgIpc) is 2.67. The van der Waals surface area contributed by atoms with Crippen molar-refractivity contribution < 1.29 is 0 Å². The van der Waals surface area contributed by atoms with Crippen molar-refractivity contribution in [2.45, 2.75) is 26.8 Å². The Morgan fingerprint density at radius 2 is 1.93 bits per heavy atom. The lowest BCUT2D eigenvalue weighted by molar-refractivity contribution is 0.376. The van der Waals surface area contributed by atoms with Gasteiger partial charge in [-0.3, -0.25) is 0 Å². The van der Waals surface area contributed by atoms with Gasteiger partial charge in [-0.25, -0.2) is 0 Å². The first-order valence-corrected chi connectivity index (χ1v) is 5.48. The van der Waals surface area contributed by atoms with E-state index in [0.717, 1.165) is 5.92 Å². The summed E-state index contributed by atoms with van der Waals surface area (Å²) in [5.41, 5.74) is 2.80. The van der Waals surface area contributed by atoms with Crippen molar-refractivity contribution in [1.29, 1.82) is 0 Å². The first-order chi connectivity index (χ1) is 6.66. The predicted octanol–water partition coefficient (Wildman–Crippen LogP) is 2.06. The highest BCUT2D eigenvalue weighted by Gasteiger charge is 2.20. The zero-order chi connectivity index (χ0) is 10.1. The second-order valence-corrected chi connectivity index (χ2v) is 4.64. The highest BCUT2D eigenvalue weighted by molar-refractivity contribution is 5.13. The number of hydrogen-bond acceptors (Lipinski definition) is 1. The number of rotatable bonds is 2. The van der Waals surface area contributed by atoms with Crippen molar-refractivity contribution in [2.24, 2.45) is 5.92 Å². The lowest BCUT2D eigenvalue weighted by Gasteiger charge is -2.15. The van der Waals surface area contributed by atoms with Gasteiger partial charge in [-0.1, -0.05) is 0 Å². The molecule has 1 fully saturated rings. The number of hydrogen-bond donors (Lipinski definition) is 0. The highest BCUT2D eigenvalue weighted by atomic mass is 15.1. The quantitative estimate of drug-likeness (QED) is 0.696. The topological polar surface area (TPSA) is 8.17 Å². The molecule has 1 aromatic heterocycles. The SMILES string of the molecule is Cc1ccc(C)n1CC1CCN(C)C1. The fourth-order valence-corrected chi connectivity index (χ4v) is 2.42. The van der Waals surface area contributed by atoms with Gasteiger partial charge in [0, 0.05) is 24.5 Å². The average molecular weight is 192 g/mol. The van der Waals surface area contributed by atoms with Crippen LogP contribution in [0.25, 0.3) is 0 Å². The third-order valence-electron chi connectivity index (χ3n) is 3.35. The van der Waals surface area contributed by atoms with Crippen molar-refractivity contribution in [2.75, 3.05) is 20.1 Å². The van der Waals surface area contributed by atoms with Crippen molar-refractivity contribution >= 4 is 0 Å². The molecule has 1 aromatic rings. The maximum atomic E-state index is 2.45. The lowest BCUT2D eigenvalue weighted by atomic mass is 10.1. The molecule has 0 bridgehead atoms. The Bertz CT molecular complexity index is 295. The number of likely N-dealkylation sites (tertiary alicyclic amines) is 1. The van der Waals surface area contributed by atoms with Gasteiger partial charge in [0.2, 0.25) is 0 Å². The summed E-state index contributed by atoms with van der Waals surface area (Å²) in [4.78, 5) is 2.43. The third-order valence-corrected chi connectivity index (χ3v) is 3.35. The second kappa shape index (κ2) is 3.77. The molecule has 0 amide bonds. The molecule has 0 aliphatic carbocycles. The van der Waals surface area contributed by atoms with Gasteiger partial charge in [0.15, 0.2) is 0 Å². The van der Waals surface area contributed by atoms with Crippen LogP contribution in [0.15, 0.2) is 12.1 Å². The van der Waals surface area contributed by atoms with E-state index in [1.54, 1.807) is 0 Å². The van der Waals surface area contributed by atoms with E-state index in [0.29, 0.717) is 0 Å². The van der Waals surface area contributed by atoms with E-state index in [-0.39, 0.29) is 0 Å². The molecular weight excluding hydrogens is 172 g/mol. The summed E-state index contributed by atoms with van der Waals surface area (Å²) >= 11 is 0. The van der Waals surface area contributed by atoms with E-state index >= 15 is 0 Å². The van der Waals surface area contributed by atoms with Crippen LogP contribution in [0.1, 0.15) is 17.8 Å². The van der Waals surface area contributed by atoms with Crippen LogP contribution in [0.5, 0.6) is 0 Å². The summed E-state index contributed by atoms with van der Waals surface area (Å²) in [6.07, 6.45) is 1.35. The Morgan fingerprint density at radius 1 is 1.29 bits per heavy atom. The Balaban J connectivity index is 2.04. The molecule has 78 valence electrons. The molecule has 2 heteroatoms. The number of nitrogens with zero attached hydrogens (tertiary/aromatic N) is 2. The van der Waals surface area contributed by atoms with E-state index in [4.69, 9.17) is 0 Å². The second-order valence-electron chi connectivity index (χ2n) is 4.64. The fourth-order valence-electron chi connectivity index (χ4n) is 2.42. The minimum atomic E-state index is 0.852. The zero-order valence-electron chi connectivity index (χ0n) is 9.45. The van der Waals surface area contributed by atoms with Crippen molar-refractivity contribution in [3.8, 4) is 0 Å². The van der Waals surface area contributed by atoms with Gasteiger partial charge in [-0.15, -0.1) is 0 Å². The molecule has 1 unspecified atom stereocenters. The van der Waals surface area contributed by atoms with Gasteiger partial charge in [0.1, 0.15) is 0 Å². The molecule has 0 spiro atoms. The molecule has 2 rings (SSSR count). The Hall–Kier alpha value is -0.760. The lowest BCUT2D eigenvalue weighted by Crippen LogP contribution is -2.18. The third kappa shape index (κ3) is 1.85. The summed E-state index contributed by atoms with van der Waals surface area (Å²) in [5.74, 6) is 0.852. The van der Waals surface area contributed by atoms with Crippen LogP contribution in [0.3, 0.4) is 0 Å². The molecule has 0 saturated carbocycles. The van der Waals surface area contributed by atoms with Crippen molar-refractivity contribution in [3.63, 3.8) is 0 Å². The molecule has 1 saturated heterocycles. The van der Waals surface area contributed by atoms with Crippen molar-refractivity contribution in [3.05, 3.63) is 23.5 Å². The molecule has 0 radical (unpaired) electrons. The zero-order valence-corrected chi connectivity index (χ0v) is 9.45.